The van der Waals surface area contributed by atoms with Gasteiger partial charge >= 0.3 is 0 Å². The zero-order valence-electron chi connectivity index (χ0n) is 17.0. The van der Waals surface area contributed by atoms with E-state index in [-0.39, 0.29) is 18.2 Å². The number of anilines is 1. The fourth-order valence-corrected chi connectivity index (χ4v) is 3.87. The first-order valence-electron chi connectivity index (χ1n) is 9.99. The molecular formula is C22H20BrN5O4. The van der Waals surface area contributed by atoms with Crippen LogP contribution in [-0.4, -0.2) is 63.8 Å². The Morgan fingerprint density at radius 3 is 2.31 bits per heavy atom. The summed E-state index contributed by atoms with van der Waals surface area (Å²) in [5.74, 6) is -0.283. The van der Waals surface area contributed by atoms with Crippen LogP contribution in [0.5, 0.6) is 0 Å². The Hall–Kier alpha value is -3.53. The second kappa shape index (κ2) is 9.73. The molecule has 1 fully saturated rings. The molecule has 10 heteroatoms. The van der Waals surface area contributed by atoms with Crippen LogP contribution in [0.4, 0.5) is 5.69 Å². The van der Waals surface area contributed by atoms with E-state index in [9.17, 15) is 14.4 Å². The molecule has 4 rings (SSSR count). The smallest absolute Gasteiger partial charge is 0.255 e. The van der Waals surface area contributed by atoms with Crippen molar-refractivity contribution in [3.63, 3.8) is 0 Å². The molecule has 0 aliphatic carbocycles. The van der Waals surface area contributed by atoms with Gasteiger partial charge in [0.15, 0.2) is 0 Å². The zero-order valence-corrected chi connectivity index (χ0v) is 18.6. The molecule has 9 nitrogen and oxygen atoms in total. The van der Waals surface area contributed by atoms with Crippen LogP contribution in [0.3, 0.4) is 0 Å². The zero-order chi connectivity index (χ0) is 22.5. The monoisotopic (exact) mass is 497 g/mol. The van der Waals surface area contributed by atoms with Gasteiger partial charge in [0.05, 0.1) is 5.56 Å². The van der Waals surface area contributed by atoms with Gasteiger partial charge in [0.1, 0.15) is 6.42 Å². The Bertz CT molecular complexity index is 1110. The topological polar surface area (TPSA) is 109 Å². The van der Waals surface area contributed by atoms with Crippen molar-refractivity contribution in [1.29, 1.82) is 0 Å². The van der Waals surface area contributed by atoms with Crippen LogP contribution in [-0.2, 0) is 9.59 Å². The third-order valence-electron chi connectivity index (χ3n) is 5.12. The molecule has 3 amide bonds. The normalized spacial score (nSPS) is 13.7. The molecule has 1 saturated heterocycles. The van der Waals surface area contributed by atoms with Gasteiger partial charge in [-0.3, -0.25) is 14.4 Å². The molecule has 0 spiro atoms. The predicted octanol–water partition coefficient (Wildman–Crippen LogP) is 2.81. The van der Waals surface area contributed by atoms with Crippen LogP contribution in [0.25, 0.3) is 11.4 Å². The Kier molecular flexibility index (Phi) is 6.60. The molecule has 2 aromatic carbocycles. The van der Waals surface area contributed by atoms with E-state index in [1.807, 2.05) is 18.2 Å². The van der Waals surface area contributed by atoms with Gasteiger partial charge in [-0.1, -0.05) is 17.3 Å². The average Bonchev–Trinajstić information content (AvgIpc) is 3.34. The van der Waals surface area contributed by atoms with Gasteiger partial charge in [-0.15, -0.1) is 0 Å². The van der Waals surface area contributed by atoms with Crippen molar-refractivity contribution < 1.29 is 18.9 Å². The van der Waals surface area contributed by atoms with Gasteiger partial charge in [-0.25, -0.2) is 0 Å². The van der Waals surface area contributed by atoms with Crippen LogP contribution in [0, 0.1) is 0 Å². The van der Waals surface area contributed by atoms with Crippen molar-refractivity contribution >= 4 is 39.3 Å². The fourth-order valence-electron chi connectivity index (χ4n) is 3.42. The Labute approximate surface area is 192 Å². The van der Waals surface area contributed by atoms with Crippen molar-refractivity contribution in [2.75, 3.05) is 31.5 Å². The minimum absolute atomic E-state index is 0.0772. The fraction of sp³-hybridized carbons (Fsp3) is 0.227. The molecule has 0 bridgehead atoms. The highest BCUT2D eigenvalue weighted by Crippen LogP contribution is 2.20. The third-order valence-corrected chi connectivity index (χ3v) is 5.82. The molecule has 164 valence electrons. The van der Waals surface area contributed by atoms with Gasteiger partial charge in [0.25, 0.3) is 5.91 Å². The minimum atomic E-state index is -0.394. The summed E-state index contributed by atoms with van der Waals surface area (Å²) in [7, 11) is 0. The molecule has 0 unspecified atom stereocenters. The standard InChI is InChI=1S/C22H20BrN5O4/c23-18-4-2-1-3-17(18)22(31)28-11-9-27(10-12-28)20(30)13-19(29)25-16-7-5-15(6-8-16)21-24-14-32-26-21/h1-8,14H,9-13H2,(H,25,29). The maximum absolute atomic E-state index is 12.7. The Morgan fingerprint density at radius 2 is 1.66 bits per heavy atom. The number of benzene rings is 2. The number of piperazine rings is 1. The number of nitrogens with one attached hydrogen (secondary N) is 1. The number of aromatic nitrogens is 2. The van der Waals surface area contributed by atoms with E-state index < -0.39 is 5.91 Å². The van der Waals surface area contributed by atoms with Crippen molar-refractivity contribution in [3.8, 4) is 11.4 Å². The molecule has 0 atom stereocenters. The number of carbonyl (C=O) groups excluding carboxylic acids is 3. The third kappa shape index (κ3) is 5.02. The first-order valence-corrected chi connectivity index (χ1v) is 10.8. The molecule has 0 saturated carbocycles. The van der Waals surface area contributed by atoms with Gasteiger partial charge in [-0.2, -0.15) is 4.98 Å². The summed E-state index contributed by atoms with van der Waals surface area (Å²) in [4.78, 5) is 44.8. The van der Waals surface area contributed by atoms with Crippen molar-refractivity contribution in [2.24, 2.45) is 0 Å². The van der Waals surface area contributed by atoms with Crippen LogP contribution >= 0.6 is 15.9 Å². The number of rotatable bonds is 5. The summed E-state index contributed by atoms with van der Waals surface area (Å²) in [6.07, 6.45) is 0.984. The highest BCUT2D eigenvalue weighted by molar-refractivity contribution is 9.10. The van der Waals surface area contributed by atoms with Gasteiger partial charge in [0.2, 0.25) is 24.0 Å². The number of hydrogen-bond donors (Lipinski definition) is 1. The molecule has 1 aromatic heterocycles. The van der Waals surface area contributed by atoms with Crippen LogP contribution in [0.2, 0.25) is 0 Å². The molecule has 2 heterocycles. The van der Waals surface area contributed by atoms with Crippen LogP contribution in [0.1, 0.15) is 16.8 Å². The van der Waals surface area contributed by atoms with E-state index in [0.717, 1.165) is 10.0 Å². The lowest BCUT2D eigenvalue weighted by Gasteiger charge is -2.35. The summed E-state index contributed by atoms with van der Waals surface area (Å²) in [5, 5.41) is 6.47. The van der Waals surface area contributed by atoms with Gasteiger partial charge < -0.3 is 19.6 Å². The lowest BCUT2D eigenvalue weighted by Crippen LogP contribution is -2.51. The van der Waals surface area contributed by atoms with Gasteiger partial charge in [-0.05, 0) is 52.3 Å². The maximum Gasteiger partial charge on any atom is 0.255 e. The number of amides is 3. The summed E-state index contributed by atoms with van der Waals surface area (Å²) in [5.41, 5.74) is 1.92. The molecule has 1 aliphatic heterocycles. The largest absolute Gasteiger partial charge is 0.342 e. The number of hydrogen-bond acceptors (Lipinski definition) is 6. The summed E-state index contributed by atoms with van der Waals surface area (Å²) >= 11 is 3.40. The number of halogens is 1. The quantitative estimate of drug-likeness (QED) is 0.542. The number of carbonyl (C=O) groups is 3. The second-order valence-electron chi connectivity index (χ2n) is 7.21. The lowest BCUT2D eigenvalue weighted by atomic mass is 10.1. The summed E-state index contributed by atoms with van der Waals surface area (Å²) in [6, 6.07) is 14.2. The first-order chi connectivity index (χ1) is 15.5. The highest BCUT2D eigenvalue weighted by Gasteiger charge is 2.26. The Balaban J connectivity index is 1.26. The molecule has 1 aliphatic rings. The van der Waals surface area contributed by atoms with Crippen molar-refractivity contribution in [2.45, 2.75) is 6.42 Å². The van der Waals surface area contributed by atoms with Crippen LogP contribution < -0.4 is 5.32 Å². The molecule has 32 heavy (non-hydrogen) atoms. The average molecular weight is 498 g/mol. The van der Waals surface area contributed by atoms with Crippen molar-refractivity contribution in [1.82, 2.24) is 19.9 Å². The van der Waals surface area contributed by atoms with E-state index in [4.69, 9.17) is 4.52 Å². The van der Waals surface area contributed by atoms with Crippen molar-refractivity contribution in [3.05, 3.63) is 65.0 Å². The summed E-state index contributed by atoms with van der Waals surface area (Å²) < 4.78 is 5.46. The minimum Gasteiger partial charge on any atom is -0.342 e. The SMILES string of the molecule is O=C(CC(=O)N1CCN(C(=O)c2ccccc2Br)CC1)Nc1ccc(-c2ncon2)cc1. The summed E-state index contributed by atoms with van der Waals surface area (Å²) in [6.45, 7) is 1.62. The number of nitrogens with zero attached hydrogens (tertiary/aromatic N) is 4. The molecular weight excluding hydrogens is 478 g/mol. The van der Waals surface area contributed by atoms with E-state index in [2.05, 4.69) is 31.4 Å². The van der Waals surface area contributed by atoms with E-state index >= 15 is 0 Å². The molecule has 1 N–H and O–H groups in total. The lowest BCUT2D eigenvalue weighted by molar-refractivity contribution is -0.135. The second-order valence-corrected chi connectivity index (χ2v) is 8.06. The van der Waals surface area contributed by atoms with E-state index in [0.29, 0.717) is 43.3 Å². The maximum atomic E-state index is 12.7. The predicted molar refractivity (Wildman–Crippen MR) is 120 cm³/mol. The van der Waals surface area contributed by atoms with Crippen LogP contribution in [0.15, 0.2) is 63.9 Å². The first kappa shape index (κ1) is 21.7. The van der Waals surface area contributed by atoms with Gasteiger partial charge in [0, 0.05) is 41.9 Å². The molecule has 3 aromatic rings. The van der Waals surface area contributed by atoms with E-state index in [1.165, 1.54) is 6.39 Å². The van der Waals surface area contributed by atoms with E-state index in [1.54, 1.807) is 40.1 Å². The molecule has 0 radical (unpaired) electrons. The Morgan fingerprint density at radius 1 is 0.969 bits per heavy atom. The highest BCUT2D eigenvalue weighted by atomic mass is 79.9.